The summed E-state index contributed by atoms with van der Waals surface area (Å²) < 4.78 is 3.26. The fourth-order valence-electron chi connectivity index (χ4n) is 3.24. The molecule has 1 N–H and O–H groups in total. The lowest BCUT2D eigenvalue weighted by atomic mass is 10.2. The zero-order chi connectivity index (χ0) is 21.3. The summed E-state index contributed by atoms with van der Waals surface area (Å²) in [5.74, 6) is 0.172. The number of aryl methyl sites for hydroxylation is 2. The SMILES string of the molecule is Cc1cc(NC(=O)c2c(C)nn(Cc3ccccc3)c2Cl)n(-c2cccc(Cl)c2)n1. The highest BCUT2D eigenvalue weighted by atomic mass is 35.5. The molecule has 0 aliphatic carbocycles. The van der Waals surface area contributed by atoms with Crippen molar-refractivity contribution < 1.29 is 4.79 Å². The van der Waals surface area contributed by atoms with Crippen LogP contribution in [0.4, 0.5) is 5.82 Å². The van der Waals surface area contributed by atoms with Crippen LogP contribution in [-0.2, 0) is 6.54 Å². The highest BCUT2D eigenvalue weighted by molar-refractivity contribution is 6.33. The van der Waals surface area contributed by atoms with Crippen LogP contribution >= 0.6 is 23.2 Å². The van der Waals surface area contributed by atoms with E-state index in [0.717, 1.165) is 16.9 Å². The average Bonchev–Trinajstić information content (AvgIpc) is 3.21. The third-order valence-electron chi connectivity index (χ3n) is 4.59. The predicted octanol–water partition coefficient (Wildman–Crippen LogP) is 5.29. The molecule has 0 saturated carbocycles. The molecule has 0 spiro atoms. The Balaban J connectivity index is 1.63. The summed E-state index contributed by atoms with van der Waals surface area (Å²) in [5.41, 5.74) is 3.44. The van der Waals surface area contributed by atoms with Crippen LogP contribution in [0.25, 0.3) is 5.69 Å². The van der Waals surface area contributed by atoms with Gasteiger partial charge in [-0.2, -0.15) is 10.2 Å². The molecule has 2 aromatic heterocycles. The Morgan fingerprint density at radius 1 is 1.00 bits per heavy atom. The number of hydrogen-bond acceptors (Lipinski definition) is 3. The minimum atomic E-state index is -0.347. The fourth-order valence-corrected chi connectivity index (χ4v) is 3.75. The molecule has 0 radical (unpaired) electrons. The van der Waals surface area contributed by atoms with E-state index in [1.54, 1.807) is 34.5 Å². The average molecular weight is 440 g/mol. The van der Waals surface area contributed by atoms with Crippen LogP contribution in [0.15, 0.2) is 60.7 Å². The first-order valence-corrected chi connectivity index (χ1v) is 10.1. The van der Waals surface area contributed by atoms with E-state index in [1.807, 2.05) is 49.4 Å². The molecule has 4 aromatic rings. The Labute approximate surface area is 184 Å². The molecule has 0 atom stereocenters. The minimum Gasteiger partial charge on any atom is -0.306 e. The van der Waals surface area contributed by atoms with Crippen LogP contribution in [0.2, 0.25) is 10.2 Å². The monoisotopic (exact) mass is 439 g/mol. The first-order valence-electron chi connectivity index (χ1n) is 9.33. The lowest BCUT2D eigenvalue weighted by molar-refractivity contribution is 0.102. The molecular formula is C22H19Cl2N5O. The van der Waals surface area contributed by atoms with E-state index in [4.69, 9.17) is 23.2 Å². The number of rotatable bonds is 5. The normalized spacial score (nSPS) is 10.9. The van der Waals surface area contributed by atoms with Crippen molar-refractivity contribution in [3.8, 4) is 5.69 Å². The number of nitrogens with zero attached hydrogens (tertiary/aromatic N) is 4. The van der Waals surface area contributed by atoms with Gasteiger partial charge >= 0.3 is 0 Å². The van der Waals surface area contributed by atoms with E-state index in [0.29, 0.717) is 33.8 Å². The van der Waals surface area contributed by atoms with Crippen LogP contribution in [0.3, 0.4) is 0 Å². The summed E-state index contributed by atoms with van der Waals surface area (Å²) in [6.45, 7) is 4.10. The van der Waals surface area contributed by atoms with E-state index in [1.165, 1.54) is 0 Å². The Bertz CT molecular complexity index is 1210. The number of anilines is 1. The summed E-state index contributed by atoms with van der Waals surface area (Å²) >= 11 is 12.6. The number of hydrogen-bond donors (Lipinski definition) is 1. The molecule has 30 heavy (non-hydrogen) atoms. The molecule has 8 heteroatoms. The second-order valence-corrected chi connectivity index (χ2v) is 7.71. The molecule has 1 amide bonds. The van der Waals surface area contributed by atoms with Gasteiger partial charge in [-0.25, -0.2) is 9.36 Å². The summed E-state index contributed by atoms with van der Waals surface area (Å²) in [6, 6.07) is 18.9. The second-order valence-electron chi connectivity index (χ2n) is 6.91. The maximum atomic E-state index is 13.1. The Kier molecular flexibility index (Phi) is 5.61. The van der Waals surface area contributed by atoms with Gasteiger partial charge in [0.15, 0.2) is 0 Å². The summed E-state index contributed by atoms with van der Waals surface area (Å²) in [7, 11) is 0. The van der Waals surface area contributed by atoms with E-state index in [2.05, 4.69) is 15.5 Å². The number of nitrogens with one attached hydrogen (secondary N) is 1. The molecule has 6 nitrogen and oxygen atoms in total. The second kappa shape index (κ2) is 8.34. The van der Waals surface area contributed by atoms with Crippen LogP contribution in [-0.4, -0.2) is 25.5 Å². The summed E-state index contributed by atoms with van der Waals surface area (Å²) in [4.78, 5) is 13.1. The van der Waals surface area contributed by atoms with Crippen molar-refractivity contribution in [1.82, 2.24) is 19.6 Å². The molecule has 4 rings (SSSR count). The molecule has 0 fully saturated rings. The Hall–Kier alpha value is -3.09. The number of amides is 1. The Morgan fingerprint density at radius 3 is 2.50 bits per heavy atom. The highest BCUT2D eigenvalue weighted by Gasteiger charge is 2.22. The van der Waals surface area contributed by atoms with Gasteiger partial charge in [-0.15, -0.1) is 0 Å². The smallest absolute Gasteiger partial charge is 0.261 e. The van der Waals surface area contributed by atoms with Crippen LogP contribution < -0.4 is 5.32 Å². The van der Waals surface area contributed by atoms with Crippen LogP contribution in [0.5, 0.6) is 0 Å². The molecule has 0 unspecified atom stereocenters. The van der Waals surface area contributed by atoms with Crippen molar-refractivity contribution in [2.75, 3.05) is 5.32 Å². The maximum absolute atomic E-state index is 13.1. The predicted molar refractivity (Wildman–Crippen MR) is 119 cm³/mol. The molecule has 152 valence electrons. The molecule has 0 saturated heterocycles. The zero-order valence-corrected chi connectivity index (χ0v) is 17.9. The standard InChI is InChI=1S/C22H19Cl2N5O/c1-14-11-19(29(26-14)18-10-6-9-17(23)12-18)25-22(30)20-15(2)27-28(21(20)24)13-16-7-4-3-5-8-16/h3-12H,13H2,1-2H3,(H,25,30). The molecule has 0 aliphatic rings. The van der Waals surface area contributed by atoms with Crippen LogP contribution in [0, 0.1) is 13.8 Å². The van der Waals surface area contributed by atoms with E-state index >= 15 is 0 Å². The van der Waals surface area contributed by atoms with Crippen molar-refractivity contribution in [2.45, 2.75) is 20.4 Å². The van der Waals surface area contributed by atoms with Crippen LogP contribution in [0.1, 0.15) is 27.3 Å². The molecule has 2 heterocycles. The third kappa shape index (κ3) is 4.10. The Morgan fingerprint density at radius 2 is 1.77 bits per heavy atom. The summed E-state index contributed by atoms with van der Waals surface area (Å²) in [6.07, 6.45) is 0. The van der Waals surface area contributed by atoms with Crippen molar-refractivity contribution in [1.29, 1.82) is 0 Å². The first kappa shape index (κ1) is 20.2. The number of carbonyl (C=O) groups is 1. The van der Waals surface area contributed by atoms with Gasteiger partial charge < -0.3 is 5.32 Å². The highest BCUT2D eigenvalue weighted by Crippen LogP contribution is 2.24. The van der Waals surface area contributed by atoms with E-state index in [-0.39, 0.29) is 5.91 Å². The number of carbonyl (C=O) groups excluding carboxylic acids is 1. The molecule has 0 bridgehead atoms. The van der Waals surface area contributed by atoms with Gasteiger partial charge in [0.2, 0.25) is 0 Å². The molecular weight excluding hydrogens is 421 g/mol. The van der Waals surface area contributed by atoms with Gasteiger partial charge in [0.1, 0.15) is 11.0 Å². The van der Waals surface area contributed by atoms with E-state index < -0.39 is 0 Å². The third-order valence-corrected chi connectivity index (χ3v) is 5.21. The number of aromatic nitrogens is 4. The number of benzene rings is 2. The lowest BCUT2D eigenvalue weighted by Crippen LogP contribution is -2.16. The lowest BCUT2D eigenvalue weighted by Gasteiger charge is -2.09. The van der Waals surface area contributed by atoms with Gasteiger partial charge in [-0.1, -0.05) is 59.6 Å². The maximum Gasteiger partial charge on any atom is 0.261 e. The largest absolute Gasteiger partial charge is 0.306 e. The summed E-state index contributed by atoms with van der Waals surface area (Å²) in [5, 5.41) is 12.7. The van der Waals surface area contributed by atoms with E-state index in [9.17, 15) is 4.79 Å². The van der Waals surface area contributed by atoms with Crippen molar-refractivity contribution in [3.05, 3.63) is 93.4 Å². The number of halogens is 2. The fraction of sp³-hybridized carbons (Fsp3) is 0.136. The van der Waals surface area contributed by atoms with Crippen molar-refractivity contribution in [2.24, 2.45) is 0 Å². The van der Waals surface area contributed by atoms with Gasteiger partial charge in [0.05, 0.1) is 29.2 Å². The zero-order valence-electron chi connectivity index (χ0n) is 16.4. The van der Waals surface area contributed by atoms with Gasteiger partial charge in [0.25, 0.3) is 5.91 Å². The van der Waals surface area contributed by atoms with Crippen molar-refractivity contribution >= 4 is 34.9 Å². The quantitative estimate of drug-likeness (QED) is 0.459. The van der Waals surface area contributed by atoms with Crippen molar-refractivity contribution in [3.63, 3.8) is 0 Å². The molecule has 2 aromatic carbocycles. The topological polar surface area (TPSA) is 64.7 Å². The minimum absolute atomic E-state index is 0.291. The van der Waals surface area contributed by atoms with Gasteiger partial charge in [0, 0.05) is 11.1 Å². The van der Waals surface area contributed by atoms with Gasteiger partial charge in [-0.3, -0.25) is 4.79 Å². The first-order chi connectivity index (χ1) is 14.4. The van der Waals surface area contributed by atoms with Gasteiger partial charge in [-0.05, 0) is 37.6 Å². The molecule has 0 aliphatic heterocycles.